The molecule has 0 amide bonds. The van der Waals surface area contributed by atoms with Crippen LogP contribution in [0.4, 0.5) is 0 Å². The molecule has 0 aliphatic carbocycles. The Balaban J connectivity index is 1.34. The molecule has 0 bridgehead atoms. The van der Waals surface area contributed by atoms with Crippen molar-refractivity contribution in [2.24, 2.45) is 0 Å². The normalized spacial score (nSPS) is 15.8. The van der Waals surface area contributed by atoms with Gasteiger partial charge in [0.15, 0.2) is 0 Å². The molecule has 2 heteroatoms. The summed E-state index contributed by atoms with van der Waals surface area (Å²) in [5, 5.41) is 0. The number of benzene rings is 3. The molecular formula is C33H40N2. The molecule has 1 aliphatic rings. The predicted octanol–water partition coefficient (Wildman–Crippen LogP) is 7.38. The number of hydrogen-bond donors (Lipinski definition) is 0. The van der Waals surface area contributed by atoms with Gasteiger partial charge >= 0.3 is 0 Å². The first-order chi connectivity index (χ1) is 17.2. The van der Waals surface area contributed by atoms with Gasteiger partial charge in [-0.15, -0.1) is 0 Å². The molecule has 3 aromatic carbocycles. The van der Waals surface area contributed by atoms with E-state index in [0.29, 0.717) is 6.04 Å². The van der Waals surface area contributed by atoms with E-state index in [0.717, 1.165) is 26.1 Å². The van der Waals surface area contributed by atoms with Crippen molar-refractivity contribution in [3.8, 4) is 0 Å². The molecule has 2 nitrogen and oxygen atoms in total. The molecule has 0 aromatic heterocycles. The first kappa shape index (κ1) is 25.2. The smallest absolute Gasteiger partial charge is 0.0236 e. The minimum atomic E-state index is 0.649. The van der Waals surface area contributed by atoms with Crippen molar-refractivity contribution in [1.29, 1.82) is 0 Å². The Bertz CT molecular complexity index is 1060. The fourth-order valence-corrected chi connectivity index (χ4v) is 5.17. The number of allylic oxidation sites excluding steroid dienone is 4. The Labute approximate surface area is 212 Å². The first-order valence-electron chi connectivity index (χ1n) is 13.2. The van der Waals surface area contributed by atoms with Crippen LogP contribution in [0.5, 0.6) is 0 Å². The van der Waals surface area contributed by atoms with Crippen LogP contribution in [0.1, 0.15) is 48.9 Å². The summed E-state index contributed by atoms with van der Waals surface area (Å²) in [6, 6.07) is 31.7. The maximum absolute atomic E-state index is 2.73. The summed E-state index contributed by atoms with van der Waals surface area (Å²) in [6.45, 7) is 9.72. The second-order valence-electron chi connectivity index (χ2n) is 9.64. The highest BCUT2D eigenvalue weighted by atomic mass is 15.2. The SMILES string of the molecule is CC=CC(=CC)c1ccc(CN2CCC(N(CCc3ccccc3)Cc3ccccc3)CC2)cc1. The van der Waals surface area contributed by atoms with E-state index in [-0.39, 0.29) is 0 Å². The lowest BCUT2D eigenvalue weighted by Crippen LogP contribution is -2.45. The predicted molar refractivity (Wildman–Crippen MR) is 150 cm³/mol. The maximum atomic E-state index is 2.73. The maximum Gasteiger partial charge on any atom is 0.0236 e. The van der Waals surface area contributed by atoms with Crippen LogP contribution in [0.2, 0.25) is 0 Å². The highest BCUT2D eigenvalue weighted by molar-refractivity contribution is 5.73. The van der Waals surface area contributed by atoms with Gasteiger partial charge in [-0.1, -0.05) is 103 Å². The Morgan fingerprint density at radius 3 is 2.03 bits per heavy atom. The molecule has 35 heavy (non-hydrogen) atoms. The van der Waals surface area contributed by atoms with Crippen LogP contribution in [0.15, 0.2) is 103 Å². The van der Waals surface area contributed by atoms with Crippen molar-refractivity contribution < 1.29 is 0 Å². The molecule has 0 N–H and O–H groups in total. The molecule has 0 unspecified atom stereocenters. The van der Waals surface area contributed by atoms with E-state index in [9.17, 15) is 0 Å². The van der Waals surface area contributed by atoms with Gasteiger partial charge in [-0.25, -0.2) is 0 Å². The Kier molecular flexibility index (Phi) is 9.51. The lowest BCUT2D eigenvalue weighted by Gasteiger charge is -2.39. The van der Waals surface area contributed by atoms with Crippen LogP contribution >= 0.6 is 0 Å². The summed E-state index contributed by atoms with van der Waals surface area (Å²) >= 11 is 0. The Morgan fingerprint density at radius 1 is 0.800 bits per heavy atom. The molecule has 3 aromatic rings. The second-order valence-corrected chi connectivity index (χ2v) is 9.64. The van der Waals surface area contributed by atoms with Gasteiger partial charge < -0.3 is 0 Å². The molecule has 1 saturated heterocycles. The average molecular weight is 465 g/mol. The fourth-order valence-electron chi connectivity index (χ4n) is 5.17. The van der Waals surface area contributed by atoms with Crippen molar-refractivity contribution in [2.75, 3.05) is 19.6 Å². The van der Waals surface area contributed by atoms with E-state index < -0.39 is 0 Å². The van der Waals surface area contributed by atoms with Gasteiger partial charge in [-0.05, 0) is 74.0 Å². The van der Waals surface area contributed by atoms with Crippen molar-refractivity contribution in [2.45, 2.75) is 52.2 Å². The summed E-state index contributed by atoms with van der Waals surface area (Å²) < 4.78 is 0. The molecule has 1 fully saturated rings. The van der Waals surface area contributed by atoms with E-state index in [4.69, 9.17) is 0 Å². The average Bonchev–Trinajstić information content (AvgIpc) is 2.92. The van der Waals surface area contributed by atoms with Crippen LogP contribution in [-0.2, 0) is 19.5 Å². The number of piperidine rings is 1. The number of hydrogen-bond acceptors (Lipinski definition) is 2. The number of nitrogens with zero attached hydrogens (tertiary/aromatic N) is 2. The summed E-state index contributed by atoms with van der Waals surface area (Å²) in [4.78, 5) is 5.36. The zero-order valence-corrected chi connectivity index (χ0v) is 21.4. The van der Waals surface area contributed by atoms with E-state index in [1.54, 1.807) is 0 Å². The lowest BCUT2D eigenvalue weighted by atomic mass is 9.99. The molecule has 1 heterocycles. The lowest BCUT2D eigenvalue weighted by molar-refractivity contribution is 0.0997. The van der Waals surface area contributed by atoms with Crippen molar-refractivity contribution in [3.63, 3.8) is 0 Å². The van der Waals surface area contributed by atoms with Crippen LogP contribution in [-0.4, -0.2) is 35.5 Å². The van der Waals surface area contributed by atoms with Crippen LogP contribution in [0.3, 0.4) is 0 Å². The Hall–Kier alpha value is -2.94. The van der Waals surface area contributed by atoms with Crippen LogP contribution < -0.4 is 0 Å². The van der Waals surface area contributed by atoms with Gasteiger partial charge in [0, 0.05) is 25.7 Å². The summed E-state index contributed by atoms with van der Waals surface area (Å²) in [7, 11) is 0. The van der Waals surface area contributed by atoms with E-state index >= 15 is 0 Å². The highest BCUT2D eigenvalue weighted by Gasteiger charge is 2.24. The van der Waals surface area contributed by atoms with E-state index in [2.05, 4.69) is 127 Å². The monoisotopic (exact) mass is 464 g/mol. The molecule has 0 atom stereocenters. The third-order valence-electron chi connectivity index (χ3n) is 7.18. The van der Waals surface area contributed by atoms with Crippen molar-refractivity contribution in [3.05, 3.63) is 125 Å². The van der Waals surface area contributed by atoms with Gasteiger partial charge in [0.1, 0.15) is 0 Å². The minimum Gasteiger partial charge on any atom is -0.299 e. The number of rotatable bonds is 10. The van der Waals surface area contributed by atoms with Crippen LogP contribution in [0, 0.1) is 0 Å². The van der Waals surface area contributed by atoms with Gasteiger partial charge in [-0.3, -0.25) is 9.80 Å². The topological polar surface area (TPSA) is 6.48 Å². The largest absolute Gasteiger partial charge is 0.299 e. The molecule has 0 saturated carbocycles. The zero-order valence-electron chi connectivity index (χ0n) is 21.4. The molecule has 0 radical (unpaired) electrons. The molecule has 4 rings (SSSR count). The molecular weight excluding hydrogens is 424 g/mol. The van der Waals surface area contributed by atoms with Gasteiger partial charge in [0.05, 0.1) is 0 Å². The second kappa shape index (κ2) is 13.2. The van der Waals surface area contributed by atoms with E-state index in [1.165, 1.54) is 53.8 Å². The quantitative estimate of drug-likeness (QED) is 0.289. The summed E-state index contributed by atoms with van der Waals surface area (Å²) in [5.74, 6) is 0. The van der Waals surface area contributed by atoms with Gasteiger partial charge in [-0.2, -0.15) is 0 Å². The summed E-state index contributed by atoms with van der Waals surface area (Å²) in [6.07, 6.45) is 10.1. The van der Waals surface area contributed by atoms with Crippen LogP contribution in [0.25, 0.3) is 5.57 Å². The first-order valence-corrected chi connectivity index (χ1v) is 13.2. The molecule has 0 spiro atoms. The third-order valence-corrected chi connectivity index (χ3v) is 7.18. The van der Waals surface area contributed by atoms with Crippen molar-refractivity contribution in [1.82, 2.24) is 9.80 Å². The standard InChI is InChI=1S/C33H40N2/c1-3-11-31(4-2)32-18-16-30(17-19-32)26-34-23-21-33(22-24-34)35(27-29-14-9-6-10-15-29)25-20-28-12-7-5-8-13-28/h3-19,33H,20-27H2,1-2H3. The molecule has 1 aliphatic heterocycles. The zero-order chi connectivity index (χ0) is 24.3. The summed E-state index contributed by atoms with van der Waals surface area (Å²) in [5.41, 5.74) is 6.84. The van der Waals surface area contributed by atoms with Crippen molar-refractivity contribution >= 4 is 5.57 Å². The number of likely N-dealkylation sites (tertiary alicyclic amines) is 1. The van der Waals surface area contributed by atoms with Gasteiger partial charge in [0.25, 0.3) is 0 Å². The third kappa shape index (κ3) is 7.52. The van der Waals surface area contributed by atoms with Gasteiger partial charge in [0.2, 0.25) is 0 Å². The minimum absolute atomic E-state index is 0.649. The highest BCUT2D eigenvalue weighted by Crippen LogP contribution is 2.22. The Morgan fingerprint density at radius 2 is 1.43 bits per heavy atom. The molecule has 182 valence electrons. The van der Waals surface area contributed by atoms with E-state index in [1.807, 2.05) is 0 Å². The fraction of sp³-hybridized carbons (Fsp3) is 0.333.